The SMILES string of the molecule is O=C(O)c1c(F)cccc1N1CCc2sccc2C1. The minimum atomic E-state index is -1.22. The number of rotatable bonds is 2. The van der Waals surface area contributed by atoms with Crippen LogP contribution in [0.2, 0.25) is 0 Å². The summed E-state index contributed by atoms with van der Waals surface area (Å²) in [6.07, 6.45) is 0.878. The summed E-state index contributed by atoms with van der Waals surface area (Å²) in [7, 11) is 0. The quantitative estimate of drug-likeness (QED) is 0.916. The number of hydrogen-bond acceptors (Lipinski definition) is 3. The molecule has 3 rings (SSSR count). The molecule has 19 heavy (non-hydrogen) atoms. The summed E-state index contributed by atoms with van der Waals surface area (Å²) >= 11 is 1.72. The highest BCUT2D eigenvalue weighted by Crippen LogP contribution is 2.30. The zero-order valence-electron chi connectivity index (χ0n) is 10.1. The van der Waals surface area contributed by atoms with Gasteiger partial charge in [-0.3, -0.25) is 0 Å². The van der Waals surface area contributed by atoms with Crippen LogP contribution in [-0.2, 0) is 13.0 Å². The molecule has 0 fully saturated rings. The smallest absolute Gasteiger partial charge is 0.340 e. The Morgan fingerprint density at radius 1 is 1.37 bits per heavy atom. The van der Waals surface area contributed by atoms with E-state index in [0.29, 0.717) is 12.2 Å². The highest BCUT2D eigenvalue weighted by Gasteiger charge is 2.23. The molecule has 2 heterocycles. The van der Waals surface area contributed by atoms with Crippen molar-refractivity contribution in [2.45, 2.75) is 13.0 Å². The molecular weight excluding hydrogens is 265 g/mol. The Kier molecular flexibility index (Phi) is 2.98. The summed E-state index contributed by atoms with van der Waals surface area (Å²) < 4.78 is 13.7. The molecule has 5 heteroatoms. The lowest BCUT2D eigenvalue weighted by Gasteiger charge is -2.30. The summed E-state index contributed by atoms with van der Waals surface area (Å²) in [5.74, 6) is -1.90. The zero-order valence-corrected chi connectivity index (χ0v) is 10.9. The first-order chi connectivity index (χ1) is 9.16. The molecule has 0 saturated heterocycles. The van der Waals surface area contributed by atoms with Gasteiger partial charge in [-0.15, -0.1) is 11.3 Å². The second kappa shape index (κ2) is 4.66. The number of halogens is 1. The molecule has 1 aliphatic heterocycles. The Morgan fingerprint density at radius 3 is 3.00 bits per heavy atom. The van der Waals surface area contributed by atoms with Gasteiger partial charge in [-0.25, -0.2) is 9.18 Å². The third-order valence-electron chi connectivity index (χ3n) is 3.35. The van der Waals surface area contributed by atoms with Crippen LogP contribution in [0, 0.1) is 5.82 Å². The van der Waals surface area contributed by atoms with Crippen molar-refractivity contribution in [1.82, 2.24) is 0 Å². The fraction of sp³-hybridized carbons (Fsp3) is 0.214. The van der Waals surface area contributed by atoms with Crippen LogP contribution in [0.4, 0.5) is 10.1 Å². The van der Waals surface area contributed by atoms with Crippen molar-refractivity contribution in [2.75, 3.05) is 11.4 Å². The van der Waals surface area contributed by atoms with E-state index < -0.39 is 11.8 Å². The third kappa shape index (κ3) is 2.10. The van der Waals surface area contributed by atoms with Crippen molar-refractivity contribution in [3.8, 4) is 0 Å². The third-order valence-corrected chi connectivity index (χ3v) is 4.38. The van der Waals surface area contributed by atoms with Crippen LogP contribution in [0.3, 0.4) is 0 Å². The Morgan fingerprint density at radius 2 is 2.21 bits per heavy atom. The van der Waals surface area contributed by atoms with Crippen LogP contribution in [0.5, 0.6) is 0 Å². The monoisotopic (exact) mass is 277 g/mol. The topological polar surface area (TPSA) is 40.5 Å². The van der Waals surface area contributed by atoms with E-state index in [2.05, 4.69) is 0 Å². The van der Waals surface area contributed by atoms with Crippen LogP contribution in [0.1, 0.15) is 20.8 Å². The van der Waals surface area contributed by atoms with Gasteiger partial charge in [0.2, 0.25) is 0 Å². The molecule has 0 saturated carbocycles. The van der Waals surface area contributed by atoms with E-state index in [9.17, 15) is 9.18 Å². The van der Waals surface area contributed by atoms with Crippen LogP contribution in [0.25, 0.3) is 0 Å². The van der Waals surface area contributed by atoms with Crippen LogP contribution in [-0.4, -0.2) is 17.6 Å². The first kappa shape index (κ1) is 12.2. The maximum absolute atomic E-state index is 13.7. The number of aromatic carboxylic acids is 1. The van der Waals surface area contributed by atoms with E-state index in [-0.39, 0.29) is 5.56 Å². The zero-order chi connectivity index (χ0) is 13.4. The molecule has 1 N–H and O–H groups in total. The molecule has 98 valence electrons. The van der Waals surface area contributed by atoms with Gasteiger partial charge in [0, 0.05) is 18.0 Å². The predicted molar refractivity (Wildman–Crippen MR) is 72.4 cm³/mol. The maximum Gasteiger partial charge on any atom is 0.340 e. The van der Waals surface area contributed by atoms with Crippen molar-refractivity contribution >= 4 is 23.0 Å². The number of thiophene rings is 1. The molecule has 2 aromatic rings. The van der Waals surface area contributed by atoms with E-state index in [1.807, 2.05) is 16.3 Å². The highest BCUT2D eigenvalue weighted by molar-refractivity contribution is 7.10. The fourth-order valence-corrected chi connectivity index (χ4v) is 3.33. The fourth-order valence-electron chi connectivity index (χ4n) is 2.44. The Labute approximate surface area is 113 Å². The molecule has 0 radical (unpaired) electrons. The van der Waals surface area contributed by atoms with Crippen LogP contribution < -0.4 is 4.90 Å². The number of nitrogens with zero attached hydrogens (tertiary/aromatic N) is 1. The maximum atomic E-state index is 13.7. The van der Waals surface area contributed by atoms with E-state index in [1.54, 1.807) is 23.5 Å². The number of carboxylic acids is 1. The number of carboxylic acid groups (broad SMARTS) is 1. The Hall–Kier alpha value is -1.88. The molecule has 3 nitrogen and oxygen atoms in total. The molecule has 0 aliphatic carbocycles. The molecule has 0 unspecified atom stereocenters. The number of fused-ring (bicyclic) bond motifs is 1. The first-order valence-corrected chi connectivity index (χ1v) is 6.87. The molecule has 1 aliphatic rings. The summed E-state index contributed by atoms with van der Waals surface area (Å²) in [6, 6.07) is 6.46. The summed E-state index contributed by atoms with van der Waals surface area (Å²) in [5.41, 5.74) is 1.43. The van der Waals surface area contributed by atoms with Crippen molar-refractivity contribution in [3.05, 3.63) is 51.5 Å². The Bertz CT molecular complexity index is 638. The molecule has 1 aromatic heterocycles. The number of benzene rings is 1. The largest absolute Gasteiger partial charge is 0.478 e. The lowest BCUT2D eigenvalue weighted by atomic mass is 10.1. The first-order valence-electron chi connectivity index (χ1n) is 5.99. The van der Waals surface area contributed by atoms with Crippen LogP contribution in [0.15, 0.2) is 29.6 Å². The van der Waals surface area contributed by atoms with Gasteiger partial charge < -0.3 is 10.0 Å². The lowest BCUT2D eigenvalue weighted by Crippen LogP contribution is -2.31. The van der Waals surface area contributed by atoms with Crippen LogP contribution >= 0.6 is 11.3 Å². The van der Waals surface area contributed by atoms with Crippen molar-refractivity contribution in [1.29, 1.82) is 0 Å². The molecule has 1 aromatic carbocycles. The van der Waals surface area contributed by atoms with Gasteiger partial charge in [-0.1, -0.05) is 6.07 Å². The lowest BCUT2D eigenvalue weighted by molar-refractivity contribution is 0.0692. The molecular formula is C14H12FNO2S. The number of hydrogen-bond donors (Lipinski definition) is 1. The molecule has 0 spiro atoms. The van der Waals surface area contributed by atoms with Crippen molar-refractivity contribution in [3.63, 3.8) is 0 Å². The standard InChI is InChI=1S/C14H12FNO2S/c15-10-2-1-3-11(13(10)14(17)18)16-6-4-12-9(8-16)5-7-19-12/h1-3,5,7H,4,6,8H2,(H,17,18). The van der Waals surface area contributed by atoms with Gasteiger partial charge >= 0.3 is 5.97 Å². The Balaban J connectivity index is 2.00. The molecule has 0 atom stereocenters. The second-order valence-corrected chi connectivity index (χ2v) is 5.48. The van der Waals surface area contributed by atoms with Gasteiger partial charge in [0.25, 0.3) is 0 Å². The second-order valence-electron chi connectivity index (χ2n) is 4.48. The van der Waals surface area contributed by atoms with E-state index >= 15 is 0 Å². The van der Waals surface area contributed by atoms with Gasteiger partial charge in [-0.05, 0) is 35.6 Å². The molecule has 0 amide bonds. The van der Waals surface area contributed by atoms with Crippen molar-refractivity contribution in [2.24, 2.45) is 0 Å². The van der Waals surface area contributed by atoms with Gasteiger partial charge in [0.05, 0.1) is 5.69 Å². The van der Waals surface area contributed by atoms with Gasteiger partial charge in [-0.2, -0.15) is 0 Å². The minimum Gasteiger partial charge on any atom is -0.478 e. The van der Waals surface area contributed by atoms with Gasteiger partial charge in [0.15, 0.2) is 0 Å². The normalized spacial score (nSPS) is 14.3. The average molecular weight is 277 g/mol. The molecule has 0 bridgehead atoms. The van der Waals surface area contributed by atoms with Crippen molar-refractivity contribution < 1.29 is 14.3 Å². The van der Waals surface area contributed by atoms with E-state index in [1.165, 1.54) is 16.5 Å². The highest BCUT2D eigenvalue weighted by atomic mass is 32.1. The summed E-state index contributed by atoms with van der Waals surface area (Å²) in [4.78, 5) is 14.5. The minimum absolute atomic E-state index is 0.235. The number of anilines is 1. The predicted octanol–water partition coefficient (Wildman–Crippen LogP) is 3.15. The van der Waals surface area contributed by atoms with E-state index in [0.717, 1.165) is 13.0 Å². The number of carbonyl (C=O) groups is 1. The average Bonchev–Trinajstić information content (AvgIpc) is 2.85. The van der Waals surface area contributed by atoms with E-state index in [4.69, 9.17) is 5.11 Å². The van der Waals surface area contributed by atoms with Gasteiger partial charge in [0.1, 0.15) is 11.4 Å². The summed E-state index contributed by atoms with van der Waals surface area (Å²) in [5, 5.41) is 11.2. The summed E-state index contributed by atoms with van der Waals surface area (Å²) in [6.45, 7) is 1.36.